The molecule has 6 atom stereocenters. The monoisotopic (exact) mass is 721 g/mol. The average molecular weight is 722 g/mol. The number of nitrogens with zero attached hydrogens (tertiary/aromatic N) is 1. The molecule has 4 aromatic rings. The van der Waals surface area contributed by atoms with Gasteiger partial charge in [-0.1, -0.05) is 113 Å². The molecule has 1 amide bonds. The molecule has 0 radical (unpaired) electrons. The van der Waals surface area contributed by atoms with Gasteiger partial charge in [0.2, 0.25) is 5.91 Å². The number of anilines is 2. The van der Waals surface area contributed by atoms with Crippen molar-refractivity contribution in [2.45, 2.75) is 116 Å². The van der Waals surface area contributed by atoms with Gasteiger partial charge >= 0.3 is 0 Å². The molecular weight excluding hydrogens is 663 g/mol. The highest BCUT2D eigenvalue weighted by Crippen LogP contribution is 2.59. The molecule has 0 aliphatic heterocycles. The van der Waals surface area contributed by atoms with E-state index in [1.165, 1.54) is 39.1 Å². The lowest BCUT2D eigenvalue weighted by atomic mass is 9.48. The van der Waals surface area contributed by atoms with Gasteiger partial charge in [0.05, 0.1) is 12.0 Å². The number of hydrogen-bond donors (Lipinski definition) is 2. The lowest BCUT2D eigenvalue weighted by molar-refractivity contribution is -0.143. The molecule has 54 heavy (non-hydrogen) atoms. The van der Waals surface area contributed by atoms with Crippen LogP contribution in [-0.4, -0.2) is 18.2 Å². The summed E-state index contributed by atoms with van der Waals surface area (Å²) >= 11 is 0. The Bertz CT molecular complexity index is 1990. The first kappa shape index (κ1) is 36.6. The van der Waals surface area contributed by atoms with Crippen LogP contribution in [0.3, 0.4) is 0 Å². The van der Waals surface area contributed by atoms with Gasteiger partial charge in [0.15, 0.2) is 5.78 Å². The summed E-state index contributed by atoms with van der Waals surface area (Å²) in [7, 11) is 0. The number of hydrogen-bond acceptors (Lipinski definition) is 4. The summed E-state index contributed by atoms with van der Waals surface area (Å²) in [6.45, 7) is 10.9. The number of rotatable bonds is 9. The number of nitrogens with one attached hydrogen (secondary N) is 1. The van der Waals surface area contributed by atoms with E-state index in [-0.39, 0.29) is 40.9 Å². The predicted octanol–water partition coefficient (Wildman–Crippen LogP) is 9.88. The average Bonchev–Trinajstić information content (AvgIpc) is 3.17. The largest absolute Gasteiger partial charge is 0.399 e. The fourth-order valence-corrected chi connectivity index (χ4v) is 12.1. The second kappa shape index (κ2) is 14.0. The molecule has 0 saturated heterocycles. The van der Waals surface area contributed by atoms with Gasteiger partial charge in [0.25, 0.3) is 0 Å². The molecule has 0 heterocycles. The second-order valence-electron chi connectivity index (χ2n) is 18.3. The number of Topliss-reactive ketones (excluding diaryl/α,β-unsaturated/α-hetero) is 1. The minimum atomic E-state index is -0.544. The number of carbonyl (C=O) groups excluding carboxylic acids is 2. The van der Waals surface area contributed by atoms with Crippen molar-refractivity contribution < 1.29 is 9.59 Å². The van der Waals surface area contributed by atoms with Crippen molar-refractivity contribution in [1.82, 2.24) is 5.32 Å². The highest BCUT2D eigenvalue weighted by atomic mass is 16.2. The fraction of sp³-hybridized carbons (Fsp3) is 0.469. The lowest BCUT2D eigenvalue weighted by Gasteiger charge is -2.55. The molecular formula is C49H59N3O2. The number of benzene rings is 4. The minimum Gasteiger partial charge on any atom is -0.399 e. The lowest BCUT2D eigenvalue weighted by Crippen LogP contribution is -2.57. The normalized spacial score (nSPS) is 29.9. The molecule has 4 aliphatic rings. The van der Waals surface area contributed by atoms with Crippen molar-refractivity contribution in [1.29, 1.82) is 0 Å². The zero-order chi connectivity index (χ0) is 37.7. The van der Waals surface area contributed by atoms with E-state index in [0.717, 1.165) is 83.0 Å². The van der Waals surface area contributed by atoms with E-state index in [4.69, 9.17) is 5.73 Å². The summed E-state index contributed by atoms with van der Waals surface area (Å²) in [5, 5.41) is 3.29. The van der Waals surface area contributed by atoms with Gasteiger partial charge in [-0.2, -0.15) is 0 Å². The third kappa shape index (κ3) is 6.26. The van der Waals surface area contributed by atoms with Crippen LogP contribution >= 0.6 is 0 Å². The molecule has 0 bridgehead atoms. The summed E-state index contributed by atoms with van der Waals surface area (Å²) in [4.78, 5) is 31.5. The Morgan fingerprint density at radius 2 is 1.19 bits per heavy atom. The van der Waals surface area contributed by atoms with Crippen LogP contribution in [0.25, 0.3) is 0 Å². The first-order chi connectivity index (χ1) is 25.9. The number of aryl methyl sites for hydroxylation is 2. The predicted molar refractivity (Wildman–Crippen MR) is 220 cm³/mol. The third-order valence-corrected chi connectivity index (χ3v) is 15.1. The van der Waals surface area contributed by atoms with Gasteiger partial charge in [-0.3, -0.25) is 9.59 Å². The van der Waals surface area contributed by atoms with Gasteiger partial charge in [0, 0.05) is 29.9 Å². The first-order valence-corrected chi connectivity index (χ1v) is 20.6. The molecule has 8 rings (SSSR count). The van der Waals surface area contributed by atoms with Crippen molar-refractivity contribution in [2.75, 3.05) is 17.2 Å². The summed E-state index contributed by atoms with van der Waals surface area (Å²) in [5.74, 6) is 0.683. The molecule has 4 aliphatic carbocycles. The number of fused-ring (bicyclic) bond motifs is 6. The Morgan fingerprint density at radius 1 is 0.667 bits per heavy atom. The van der Waals surface area contributed by atoms with Gasteiger partial charge < -0.3 is 16.0 Å². The highest BCUT2D eigenvalue weighted by Gasteiger charge is 2.57. The Hall–Kier alpha value is -4.38. The summed E-state index contributed by atoms with van der Waals surface area (Å²) in [6, 6.07) is 35.0. The molecule has 5 heteroatoms. The molecule has 282 valence electrons. The van der Waals surface area contributed by atoms with E-state index in [2.05, 4.69) is 129 Å². The maximum absolute atomic E-state index is 14.6. The molecule has 2 fully saturated rings. The quantitative estimate of drug-likeness (QED) is 0.169. The molecule has 4 unspecified atom stereocenters. The minimum absolute atomic E-state index is 0.0603. The van der Waals surface area contributed by atoms with E-state index in [9.17, 15) is 9.59 Å². The summed E-state index contributed by atoms with van der Waals surface area (Å²) < 4.78 is 0. The van der Waals surface area contributed by atoms with Crippen molar-refractivity contribution >= 4 is 23.1 Å². The van der Waals surface area contributed by atoms with Gasteiger partial charge in [-0.25, -0.2) is 0 Å². The van der Waals surface area contributed by atoms with E-state index < -0.39 is 10.8 Å². The SMILES string of the molecule is CC12CCC[C@](C)(C(=O)CNC(=O)[C@@]3(C)CCCC4(C)c5cc(N(Cc6ccccc6)Cc6ccccc6)ccc5CCC43)C1CCc1ccc(N)cc12. The van der Waals surface area contributed by atoms with Crippen LogP contribution in [0.2, 0.25) is 0 Å². The fourth-order valence-electron chi connectivity index (χ4n) is 12.1. The standard InChI is InChI=1S/C49H59N3O2/c1-46-25-11-27-48(3,42(46)23-19-36-17-21-38(50)29-40(36)46)44(53)31-51-45(54)49(4)28-12-26-47(2)41-30-39(22-18-37(41)20-24-43(47)49)52(32-34-13-7-5-8-14-34)33-35-15-9-6-10-16-35/h5-10,13-18,21-22,29-30,42-43H,11-12,19-20,23-28,31-33,50H2,1-4H3,(H,51,54)/t42?,43?,46?,47?,48-,49-/m0/s1. The van der Waals surface area contributed by atoms with E-state index in [1.54, 1.807) is 0 Å². The molecule has 2 saturated carbocycles. The van der Waals surface area contributed by atoms with Crippen molar-refractivity contribution in [3.63, 3.8) is 0 Å². The molecule has 0 aromatic heterocycles. The number of ketones is 1. The topological polar surface area (TPSA) is 75.4 Å². The van der Waals surface area contributed by atoms with Crippen molar-refractivity contribution in [3.05, 3.63) is 130 Å². The van der Waals surface area contributed by atoms with Crippen LogP contribution in [0.1, 0.15) is 112 Å². The molecule has 0 spiro atoms. The zero-order valence-corrected chi connectivity index (χ0v) is 32.9. The number of amides is 1. The van der Waals surface area contributed by atoms with E-state index in [1.807, 2.05) is 6.07 Å². The third-order valence-electron chi connectivity index (χ3n) is 15.1. The number of carbonyl (C=O) groups is 2. The number of nitrogens with two attached hydrogens (primary N) is 1. The summed E-state index contributed by atoms with van der Waals surface area (Å²) in [5.41, 5.74) is 15.2. The number of nitrogen functional groups attached to an aromatic ring is 1. The van der Waals surface area contributed by atoms with Crippen molar-refractivity contribution in [2.24, 2.45) is 22.7 Å². The Kier molecular flexibility index (Phi) is 9.51. The highest BCUT2D eigenvalue weighted by molar-refractivity contribution is 5.92. The Balaban J connectivity index is 1.02. The van der Waals surface area contributed by atoms with Crippen molar-refractivity contribution in [3.8, 4) is 0 Å². The van der Waals surface area contributed by atoms with Crippen LogP contribution in [-0.2, 0) is 46.4 Å². The van der Waals surface area contributed by atoms with E-state index >= 15 is 0 Å². The second-order valence-corrected chi connectivity index (χ2v) is 18.3. The van der Waals surface area contributed by atoms with Gasteiger partial charge in [0.1, 0.15) is 0 Å². The Labute approximate surface area is 323 Å². The summed E-state index contributed by atoms with van der Waals surface area (Å²) in [6.07, 6.45) is 9.80. The van der Waals surface area contributed by atoms with Crippen LogP contribution in [0, 0.1) is 22.7 Å². The maximum Gasteiger partial charge on any atom is 0.226 e. The first-order valence-electron chi connectivity index (χ1n) is 20.6. The zero-order valence-electron chi connectivity index (χ0n) is 32.9. The maximum atomic E-state index is 14.6. The molecule has 4 aromatic carbocycles. The van der Waals surface area contributed by atoms with Gasteiger partial charge in [-0.05, 0) is 132 Å². The smallest absolute Gasteiger partial charge is 0.226 e. The van der Waals surface area contributed by atoms with Crippen LogP contribution in [0.5, 0.6) is 0 Å². The van der Waals surface area contributed by atoms with Crippen LogP contribution in [0.4, 0.5) is 11.4 Å². The van der Waals surface area contributed by atoms with Crippen LogP contribution in [0.15, 0.2) is 97.1 Å². The van der Waals surface area contributed by atoms with Crippen LogP contribution < -0.4 is 16.0 Å². The van der Waals surface area contributed by atoms with E-state index in [0.29, 0.717) is 0 Å². The Morgan fingerprint density at radius 3 is 1.78 bits per heavy atom. The molecule has 3 N–H and O–H groups in total. The van der Waals surface area contributed by atoms with Gasteiger partial charge in [-0.15, -0.1) is 0 Å². The molecule has 5 nitrogen and oxygen atoms in total.